The fourth-order valence-corrected chi connectivity index (χ4v) is 10.7. The first-order valence-corrected chi connectivity index (χ1v) is 23.1. The monoisotopic (exact) mass is 865 g/mol. The van der Waals surface area contributed by atoms with Crippen LogP contribution in [-0.2, 0) is 0 Å². The Morgan fingerprint density at radius 2 is 0.618 bits per heavy atom. The molecule has 0 fully saturated rings. The highest BCUT2D eigenvalue weighted by Gasteiger charge is 2.24. The molecule has 5 nitrogen and oxygen atoms in total. The molecule has 0 radical (unpaired) electrons. The molecular formula is C63H39N5. The Kier molecular flexibility index (Phi) is 8.52. The second-order valence-corrected chi connectivity index (χ2v) is 17.6. The molecule has 0 atom stereocenters. The van der Waals surface area contributed by atoms with E-state index >= 15 is 0 Å². The Hall–Kier alpha value is -9.19. The van der Waals surface area contributed by atoms with Crippen molar-refractivity contribution in [2.75, 3.05) is 0 Å². The van der Waals surface area contributed by atoms with Gasteiger partial charge in [0, 0.05) is 38.4 Å². The van der Waals surface area contributed by atoms with Crippen molar-refractivity contribution in [3.8, 4) is 56.7 Å². The number of para-hydroxylation sites is 2. The molecule has 316 valence electrons. The van der Waals surface area contributed by atoms with Gasteiger partial charge < -0.3 is 4.57 Å². The van der Waals surface area contributed by atoms with Crippen molar-refractivity contribution in [1.82, 2.24) is 24.1 Å². The molecule has 3 aromatic heterocycles. The fourth-order valence-electron chi connectivity index (χ4n) is 10.7. The van der Waals surface area contributed by atoms with Gasteiger partial charge in [-0.2, -0.15) is 9.97 Å². The third kappa shape index (κ3) is 5.93. The standard InChI is InChI=1S/C63H39N5/c1-3-17-40(18-4-1)42-21-15-23-44(37-42)61-64-62(45-24-16-22-43(38-45)41-19-5-2-6-20-41)66-63(65-61)68-58-32-14-12-30-53(58)55-36-35-54-52-29-11-13-31-57(52)67(59(54)60(55)68)46-33-34-51-49-27-8-7-25-47(49)48-26-9-10-28-50(48)56(51)39-46/h1-39H. The van der Waals surface area contributed by atoms with E-state index in [9.17, 15) is 0 Å². The molecule has 14 aromatic rings. The van der Waals surface area contributed by atoms with E-state index in [0.29, 0.717) is 17.6 Å². The summed E-state index contributed by atoms with van der Waals surface area (Å²) >= 11 is 0. The maximum Gasteiger partial charge on any atom is 0.238 e. The van der Waals surface area contributed by atoms with Gasteiger partial charge in [0.1, 0.15) is 0 Å². The number of aromatic nitrogens is 5. The Labute approximate surface area is 391 Å². The van der Waals surface area contributed by atoms with Crippen LogP contribution in [-0.4, -0.2) is 24.1 Å². The summed E-state index contributed by atoms with van der Waals surface area (Å²) in [6.45, 7) is 0. The minimum absolute atomic E-state index is 0.548. The van der Waals surface area contributed by atoms with Crippen LogP contribution >= 0.6 is 0 Å². The molecule has 68 heavy (non-hydrogen) atoms. The van der Waals surface area contributed by atoms with Crippen LogP contribution in [0.1, 0.15) is 0 Å². The molecule has 3 heterocycles. The zero-order valence-electron chi connectivity index (χ0n) is 36.8. The largest absolute Gasteiger partial charge is 0.307 e. The summed E-state index contributed by atoms with van der Waals surface area (Å²) in [6.07, 6.45) is 0. The fraction of sp³-hybridized carbons (Fsp3) is 0. The lowest BCUT2D eigenvalue weighted by atomic mass is 9.94. The van der Waals surface area contributed by atoms with Crippen molar-refractivity contribution in [2.45, 2.75) is 0 Å². The van der Waals surface area contributed by atoms with Gasteiger partial charge in [-0.1, -0.05) is 200 Å². The average molecular weight is 866 g/mol. The summed E-state index contributed by atoms with van der Waals surface area (Å²) in [4.78, 5) is 16.3. The van der Waals surface area contributed by atoms with Crippen LogP contribution in [0.4, 0.5) is 0 Å². The van der Waals surface area contributed by atoms with Gasteiger partial charge in [-0.3, -0.25) is 4.57 Å². The quantitative estimate of drug-likeness (QED) is 0.156. The molecule has 14 rings (SSSR count). The van der Waals surface area contributed by atoms with E-state index in [1.807, 2.05) is 12.1 Å². The van der Waals surface area contributed by atoms with Crippen LogP contribution in [0, 0.1) is 0 Å². The molecule has 0 aliphatic heterocycles. The maximum atomic E-state index is 5.49. The third-order valence-electron chi connectivity index (χ3n) is 13.7. The summed E-state index contributed by atoms with van der Waals surface area (Å²) in [5.41, 5.74) is 11.6. The number of nitrogens with zero attached hydrogens (tertiary/aromatic N) is 5. The first-order valence-electron chi connectivity index (χ1n) is 23.1. The van der Waals surface area contributed by atoms with E-state index in [2.05, 4.69) is 234 Å². The van der Waals surface area contributed by atoms with E-state index in [-0.39, 0.29) is 0 Å². The Bertz CT molecular complexity index is 4180. The summed E-state index contributed by atoms with van der Waals surface area (Å²) in [7, 11) is 0. The second kappa shape index (κ2) is 15.2. The SMILES string of the molecule is c1ccc(-c2cccc(-c3nc(-c4cccc(-c5ccccc5)c4)nc(-n4c5ccccc5c5ccc6c7ccccc7n(-c7ccc8c9ccccc9c9ccccc9c8c7)c6c54)n3)c2)cc1. The van der Waals surface area contributed by atoms with Crippen molar-refractivity contribution in [3.05, 3.63) is 237 Å². The highest BCUT2D eigenvalue weighted by Crippen LogP contribution is 2.43. The minimum atomic E-state index is 0.548. The average Bonchev–Trinajstić information content (AvgIpc) is 3.94. The number of rotatable bonds is 6. The van der Waals surface area contributed by atoms with Gasteiger partial charge in [0.25, 0.3) is 0 Å². The van der Waals surface area contributed by atoms with Crippen molar-refractivity contribution >= 4 is 75.9 Å². The van der Waals surface area contributed by atoms with Gasteiger partial charge in [0.15, 0.2) is 11.6 Å². The number of hydrogen-bond acceptors (Lipinski definition) is 3. The lowest BCUT2D eigenvalue weighted by molar-refractivity contribution is 0.953. The lowest BCUT2D eigenvalue weighted by Gasteiger charge is -2.15. The van der Waals surface area contributed by atoms with Crippen LogP contribution in [0.5, 0.6) is 0 Å². The zero-order chi connectivity index (χ0) is 44.7. The predicted molar refractivity (Wildman–Crippen MR) is 283 cm³/mol. The number of hydrogen-bond donors (Lipinski definition) is 0. The van der Waals surface area contributed by atoms with Crippen molar-refractivity contribution in [1.29, 1.82) is 0 Å². The van der Waals surface area contributed by atoms with Gasteiger partial charge in [-0.25, -0.2) is 4.98 Å². The molecule has 0 unspecified atom stereocenters. The van der Waals surface area contributed by atoms with Crippen molar-refractivity contribution in [3.63, 3.8) is 0 Å². The number of fused-ring (bicyclic) bond motifs is 13. The molecule has 0 N–H and O–H groups in total. The van der Waals surface area contributed by atoms with Crippen molar-refractivity contribution in [2.24, 2.45) is 0 Å². The first-order chi connectivity index (χ1) is 33.7. The molecule has 0 saturated heterocycles. The van der Waals surface area contributed by atoms with E-state index in [4.69, 9.17) is 15.0 Å². The van der Waals surface area contributed by atoms with Gasteiger partial charge in [-0.05, 0) is 91.0 Å². The molecule has 5 heteroatoms. The van der Waals surface area contributed by atoms with Gasteiger partial charge in [0.2, 0.25) is 5.95 Å². The first kappa shape index (κ1) is 38.1. The van der Waals surface area contributed by atoms with Crippen LogP contribution in [0.15, 0.2) is 237 Å². The van der Waals surface area contributed by atoms with Crippen LogP contribution in [0.25, 0.3) is 133 Å². The zero-order valence-corrected chi connectivity index (χ0v) is 36.8. The number of benzene rings is 11. The van der Waals surface area contributed by atoms with Gasteiger partial charge in [0.05, 0.1) is 22.1 Å². The summed E-state index contributed by atoms with van der Waals surface area (Å²) in [5.74, 6) is 1.74. The van der Waals surface area contributed by atoms with Gasteiger partial charge in [-0.15, -0.1) is 0 Å². The third-order valence-corrected chi connectivity index (χ3v) is 13.7. The lowest BCUT2D eigenvalue weighted by Crippen LogP contribution is -2.07. The molecular weight excluding hydrogens is 827 g/mol. The van der Waals surface area contributed by atoms with E-state index in [0.717, 1.165) is 77.3 Å². The summed E-state index contributed by atoms with van der Waals surface area (Å²) < 4.78 is 4.74. The summed E-state index contributed by atoms with van der Waals surface area (Å²) in [5, 5.41) is 12.0. The molecule has 0 aliphatic rings. The molecule has 0 amide bonds. The highest BCUT2D eigenvalue weighted by atomic mass is 15.2. The van der Waals surface area contributed by atoms with Crippen LogP contribution < -0.4 is 0 Å². The van der Waals surface area contributed by atoms with Gasteiger partial charge >= 0.3 is 0 Å². The second-order valence-electron chi connectivity index (χ2n) is 17.6. The van der Waals surface area contributed by atoms with Crippen LogP contribution in [0.3, 0.4) is 0 Å². The van der Waals surface area contributed by atoms with E-state index in [1.54, 1.807) is 0 Å². The Morgan fingerprint density at radius 1 is 0.235 bits per heavy atom. The Morgan fingerprint density at radius 3 is 1.15 bits per heavy atom. The topological polar surface area (TPSA) is 48.5 Å². The van der Waals surface area contributed by atoms with Crippen LogP contribution in [0.2, 0.25) is 0 Å². The Balaban J connectivity index is 1.08. The van der Waals surface area contributed by atoms with E-state index < -0.39 is 0 Å². The molecule has 11 aromatic carbocycles. The van der Waals surface area contributed by atoms with E-state index in [1.165, 1.54) is 37.7 Å². The highest BCUT2D eigenvalue weighted by molar-refractivity contribution is 6.27. The molecule has 0 spiro atoms. The molecule has 0 saturated carbocycles. The predicted octanol–water partition coefficient (Wildman–Crippen LogP) is 16.2. The smallest absolute Gasteiger partial charge is 0.238 e. The molecule has 0 bridgehead atoms. The summed E-state index contributed by atoms with van der Waals surface area (Å²) in [6, 6.07) is 84.6. The minimum Gasteiger partial charge on any atom is -0.307 e. The molecule has 0 aliphatic carbocycles. The maximum absolute atomic E-state index is 5.49. The normalized spacial score (nSPS) is 11.8. The van der Waals surface area contributed by atoms with Crippen molar-refractivity contribution < 1.29 is 0 Å².